The van der Waals surface area contributed by atoms with Gasteiger partial charge in [-0.3, -0.25) is 25.0 Å². The Morgan fingerprint density at radius 2 is 2.00 bits per heavy atom. The van der Waals surface area contributed by atoms with Crippen molar-refractivity contribution in [3.8, 4) is 11.5 Å². The number of hydrogen-bond acceptors (Lipinski definition) is 5. The Hall–Kier alpha value is -2.97. The van der Waals surface area contributed by atoms with Crippen LogP contribution in [0.3, 0.4) is 0 Å². The number of pyridine rings is 1. The van der Waals surface area contributed by atoms with Crippen LogP contribution in [0.1, 0.15) is 10.4 Å². The van der Waals surface area contributed by atoms with Gasteiger partial charge in [0.05, 0.1) is 17.1 Å². The Balaban J connectivity index is 1.56. The summed E-state index contributed by atoms with van der Waals surface area (Å²) in [6, 6.07) is 9.80. The van der Waals surface area contributed by atoms with Gasteiger partial charge in [-0.15, -0.1) is 5.10 Å². The number of amides is 2. The van der Waals surface area contributed by atoms with Crippen LogP contribution in [0.5, 0.6) is 0 Å². The third kappa shape index (κ3) is 4.35. The van der Waals surface area contributed by atoms with Gasteiger partial charge in [-0.05, 0) is 30.3 Å². The van der Waals surface area contributed by atoms with E-state index >= 15 is 0 Å². The van der Waals surface area contributed by atoms with E-state index in [2.05, 4.69) is 30.8 Å². The predicted octanol–water partition coefficient (Wildman–Crippen LogP) is 2.54. The Morgan fingerprint density at radius 3 is 2.73 bits per heavy atom. The molecule has 0 unspecified atom stereocenters. The molecule has 0 spiro atoms. The van der Waals surface area contributed by atoms with Crippen molar-refractivity contribution in [2.75, 3.05) is 11.9 Å². The number of H-pyrrole nitrogens is 1. The van der Waals surface area contributed by atoms with E-state index in [1.54, 1.807) is 24.4 Å². The molecule has 0 aliphatic carbocycles. The van der Waals surface area contributed by atoms with E-state index in [1.807, 2.05) is 0 Å². The minimum absolute atomic E-state index is 0.0782. The van der Waals surface area contributed by atoms with Crippen LogP contribution in [-0.2, 0) is 4.79 Å². The van der Waals surface area contributed by atoms with Gasteiger partial charge in [-0.25, -0.2) is 0 Å². The van der Waals surface area contributed by atoms with Gasteiger partial charge in [-0.2, -0.15) is 4.98 Å². The van der Waals surface area contributed by atoms with Crippen molar-refractivity contribution in [3.63, 3.8) is 0 Å². The van der Waals surface area contributed by atoms with E-state index < -0.39 is 11.8 Å². The number of rotatable bonds is 5. The number of hydrogen-bond donors (Lipinski definition) is 3. The van der Waals surface area contributed by atoms with Gasteiger partial charge in [-0.1, -0.05) is 29.3 Å². The third-order valence-corrected chi connectivity index (χ3v) is 3.78. The lowest BCUT2D eigenvalue weighted by molar-refractivity contribution is -0.115. The maximum absolute atomic E-state index is 12.1. The number of carbonyl (C=O) groups is 2. The zero-order valence-corrected chi connectivity index (χ0v) is 14.7. The van der Waals surface area contributed by atoms with Crippen molar-refractivity contribution in [2.24, 2.45) is 0 Å². The molecule has 3 aromatic rings. The zero-order chi connectivity index (χ0) is 18.5. The lowest BCUT2D eigenvalue weighted by Gasteiger charge is -2.06. The number of aromatic amines is 1. The summed E-state index contributed by atoms with van der Waals surface area (Å²) in [4.78, 5) is 32.2. The number of halogens is 2. The van der Waals surface area contributed by atoms with E-state index in [-0.39, 0.29) is 23.1 Å². The summed E-state index contributed by atoms with van der Waals surface area (Å²) in [7, 11) is 0. The second-order valence-corrected chi connectivity index (χ2v) is 5.92. The summed E-state index contributed by atoms with van der Waals surface area (Å²) in [5.41, 5.74) is 0.811. The van der Waals surface area contributed by atoms with Crippen LogP contribution in [0.15, 0.2) is 42.6 Å². The molecule has 3 N–H and O–H groups in total. The van der Waals surface area contributed by atoms with Gasteiger partial charge in [0.25, 0.3) is 5.91 Å². The van der Waals surface area contributed by atoms with E-state index in [0.29, 0.717) is 16.5 Å². The standard InChI is InChI=1S/C16H12Cl2N6O2/c17-9-4-5-10(11(18)7-9)15(26)20-8-13(25)21-16-22-14(23-24-16)12-3-1-2-6-19-12/h1-7H,8H2,(H,20,26)(H2,21,22,23,24,25). The SMILES string of the molecule is O=C(CNC(=O)c1ccc(Cl)cc1Cl)Nc1n[nH]c(-c2ccccn2)n1. The van der Waals surface area contributed by atoms with Crippen LogP contribution in [0.2, 0.25) is 10.0 Å². The summed E-state index contributed by atoms with van der Waals surface area (Å²) in [5, 5.41) is 12.1. The van der Waals surface area contributed by atoms with Gasteiger partial charge in [0, 0.05) is 11.2 Å². The maximum atomic E-state index is 12.1. The molecule has 0 aliphatic heterocycles. The molecule has 1 aromatic carbocycles. The molecule has 0 saturated heterocycles. The number of benzene rings is 1. The highest BCUT2D eigenvalue weighted by atomic mass is 35.5. The largest absolute Gasteiger partial charge is 0.343 e. The maximum Gasteiger partial charge on any atom is 0.253 e. The normalized spacial score (nSPS) is 10.4. The van der Waals surface area contributed by atoms with E-state index in [4.69, 9.17) is 23.2 Å². The Morgan fingerprint density at radius 1 is 1.15 bits per heavy atom. The Kier molecular flexibility index (Phi) is 5.45. The van der Waals surface area contributed by atoms with Gasteiger partial charge >= 0.3 is 0 Å². The predicted molar refractivity (Wildman–Crippen MR) is 97.0 cm³/mol. The highest BCUT2D eigenvalue weighted by Gasteiger charge is 2.13. The Bertz CT molecular complexity index is 945. The second-order valence-electron chi connectivity index (χ2n) is 5.08. The smallest absolute Gasteiger partial charge is 0.253 e. The molecule has 3 rings (SSSR count). The first-order valence-corrected chi connectivity index (χ1v) is 8.15. The minimum Gasteiger partial charge on any atom is -0.343 e. The van der Waals surface area contributed by atoms with E-state index in [1.165, 1.54) is 18.2 Å². The van der Waals surface area contributed by atoms with Crippen molar-refractivity contribution in [2.45, 2.75) is 0 Å². The van der Waals surface area contributed by atoms with Crippen molar-refractivity contribution in [1.82, 2.24) is 25.5 Å². The summed E-state index contributed by atoms with van der Waals surface area (Å²) in [6.45, 7) is -0.273. The zero-order valence-electron chi connectivity index (χ0n) is 13.2. The third-order valence-electron chi connectivity index (χ3n) is 3.23. The monoisotopic (exact) mass is 390 g/mol. The number of aromatic nitrogens is 4. The van der Waals surface area contributed by atoms with Crippen LogP contribution in [0.25, 0.3) is 11.5 Å². The van der Waals surface area contributed by atoms with Crippen molar-refractivity contribution < 1.29 is 9.59 Å². The van der Waals surface area contributed by atoms with Crippen LogP contribution in [-0.4, -0.2) is 38.5 Å². The first-order chi connectivity index (χ1) is 12.5. The Labute approximate surface area is 158 Å². The van der Waals surface area contributed by atoms with Crippen molar-refractivity contribution in [1.29, 1.82) is 0 Å². The van der Waals surface area contributed by atoms with Gasteiger partial charge in [0.1, 0.15) is 5.69 Å². The highest BCUT2D eigenvalue weighted by Crippen LogP contribution is 2.20. The average Bonchev–Trinajstić information content (AvgIpc) is 3.09. The summed E-state index contributed by atoms with van der Waals surface area (Å²) < 4.78 is 0. The van der Waals surface area contributed by atoms with Gasteiger partial charge in [0.2, 0.25) is 11.9 Å². The lowest BCUT2D eigenvalue weighted by atomic mass is 10.2. The minimum atomic E-state index is -0.494. The molecule has 2 heterocycles. The lowest BCUT2D eigenvalue weighted by Crippen LogP contribution is -2.33. The van der Waals surface area contributed by atoms with Gasteiger partial charge in [0.15, 0.2) is 5.82 Å². The molecule has 0 atom stereocenters. The van der Waals surface area contributed by atoms with Crippen LogP contribution in [0.4, 0.5) is 5.95 Å². The molecule has 8 nitrogen and oxygen atoms in total. The molecule has 132 valence electrons. The molecule has 0 fully saturated rings. The topological polar surface area (TPSA) is 113 Å². The number of nitrogens with zero attached hydrogens (tertiary/aromatic N) is 3. The van der Waals surface area contributed by atoms with E-state index in [9.17, 15) is 9.59 Å². The summed E-state index contributed by atoms with van der Waals surface area (Å²) >= 11 is 11.7. The molecule has 0 radical (unpaired) electrons. The fourth-order valence-corrected chi connectivity index (χ4v) is 2.53. The first-order valence-electron chi connectivity index (χ1n) is 7.40. The van der Waals surface area contributed by atoms with Crippen molar-refractivity contribution >= 4 is 41.0 Å². The van der Waals surface area contributed by atoms with Crippen molar-refractivity contribution in [3.05, 3.63) is 58.2 Å². The van der Waals surface area contributed by atoms with E-state index in [0.717, 1.165) is 0 Å². The number of anilines is 1. The molecule has 2 aromatic heterocycles. The molecule has 2 amide bonds. The molecular weight excluding hydrogens is 379 g/mol. The summed E-state index contributed by atoms with van der Waals surface area (Å²) in [5.74, 6) is -0.492. The summed E-state index contributed by atoms with van der Waals surface area (Å²) in [6.07, 6.45) is 1.62. The van der Waals surface area contributed by atoms with Gasteiger partial charge < -0.3 is 5.32 Å². The molecule has 10 heteroatoms. The first kappa shape index (κ1) is 17.8. The highest BCUT2D eigenvalue weighted by molar-refractivity contribution is 6.36. The second kappa shape index (κ2) is 7.94. The average molecular weight is 391 g/mol. The molecule has 0 saturated carbocycles. The molecule has 0 aliphatic rings. The fraction of sp³-hybridized carbons (Fsp3) is 0.0625. The number of nitrogens with one attached hydrogen (secondary N) is 3. The fourth-order valence-electron chi connectivity index (χ4n) is 2.03. The molecule has 26 heavy (non-hydrogen) atoms. The quantitative estimate of drug-likeness (QED) is 0.619. The van der Waals surface area contributed by atoms with Crippen LogP contribution in [0, 0.1) is 0 Å². The molecule has 0 bridgehead atoms. The number of carbonyl (C=O) groups excluding carboxylic acids is 2. The van der Waals surface area contributed by atoms with Crippen LogP contribution >= 0.6 is 23.2 Å². The van der Waals surface area contributed by atoms with Crippen LogP contribution < -0.4 is 10.6 Å². The molecular formula is C16H12Cl2N6O2.